The van der Waals surface area contributed by atoms with Crippen LogP contribution >= 0.6 is 11.6 Å². The van der Waals surface area contributed by atoms with Crippen molar-refractivity contribution in [2.45, 2.75) is 12.5 Å². The highest BCUT2D eigenvalue weighted by molar-refractivity contribution is 6.30. The summed E-state index contributed by atoms with van der Waals surface area (Å²) in [4.78, 5) is 7.03. The van der Waals surface area contributed by atoms with Crippen LogP contribution in [-0.4, -0.2) is 35.1 Å². The molecule has 1 saturated heterocycles. The first kappa shape index (κ1) is 15.9. The van der Waals surface area contributed by atoms with Crippen molar-refractivity contribution in [2.24, 2.45) is 0 Å². The molecule has 0 amide bonds. The Kier molecular flexibility index (Phi) is 4.31. The van der Waals surface area contributed by atoms with Crippen molar-refractivity contribution in [1.82, 2.24) is 14.7 Å². The van der Waals surface area contributed by atoms with Crippen molar-refractivity contribution in [3.8, 4) is 6.07 Å². The lowest BCUT2D eigenvalue weighted by atomic mass is 10.0. The van der Waals surface area contributed by atoms with Gasteiger partial charge in [-0.3, -0.25) is 0 Å². The lowest BCUT2D eigenvalue weighted by molar-refractivity contribution is 0.471. The van der Waals surface area contributed by atoms with Crippen molar-refractivity contribution in [2.75, 3.05) is 24.5 Å². The number of hydrogen-bond donors (Lipinski definition) is 1. The molecule has 6 heteroatoms. The molecule has 1 N–H and O–H groups in total. The highest BCUT2D eigenvalue weighted by atomic mass is 35.5. The third-order valence-electron chi connectivity index (χ3n) is 4.59. The summed E-state index contributed by atoms with van der Waals surface area (Å²) in [6, 6.07) is 14.1. The van der Waals surface area contributed by atoms with E-state index in [1.807, 2.05) is 53.2 Å². The Bertz CT molecular complexity index is 942. The van der Waals surface area contributed by atoms with Crippen molar-refractivity contribution in [1.29, 1.82) is 5.26 Å². The third-order valence-corrected chi connectivity index (χ3v) is 4.82. The maximum Gasteiger partial charge on any atom is 0.137 e. The van der Waals surface area contributed by atoms with Crippen molar-refractivity contribution in [3.05, 3.63) is 65.1 Å². The molecule has 1 aromatic carbocycles. The SMILES string of the molecule is N#Cc1ccccc1N1CCNCC1Cc1cn2cc(Cl)ccc2n1. The summed E-state index contributed by atoms with van der Waals surface area (Å²) >= 11 is 6.06. The summed E-state index contributed by atoms with van der Waals surface area (Å²) in [5, 5.41) is 13.6. The van der Waals surface area contributed by atoms with E-state index in [0.29, 0.717) is 5.02 Å². The molecule has 0 spiro atoms. The fraction of sp³-hybridized carbons (Fsp3) is 0.263. The fourth-order valence-corrected chi connectivity index (χ4v) is 3.60. The van der Waals surface area contributed by atoms with Gasteiger partial charge in [-0.15, -0.1) is 0 Å². The Morgan fingerprint density at radius 2 is 2.12 bits per heavy atom. The molecule has 2 aromatic heterocycles. The van der Waals surface area contributed by atoms with Gasteiger partial charge in [0.2, 0.25) is 0 Å². The van der Waals surface area contributed by atoms with Gasteiger partial charge < -0.3 is 14.6 Å². The second kappa shape index (κ2) is 6.75. The zero-order chi connectivity index (χ0) is 17.2. The molecule has 5 nitrogen and oxygen atoms in total. The van der Waals surface area contributed by atoms with Gasteiger partial charge in [0.25, 0.3) is 0 Å². The number of anilines is 1. The van der Waals surface area contributed by atoms with Crippen LogP contribution in [0.4, 0.5) is 5.69 Å². The summed E-state index contributed by atoms with van der Waals surface area (Å²) in [5.41, 5.74) is 3.64. The van der Waals surface area contributed by atoms with Gasteiger partial charge >= 0.3 is 0 Å². The van der Waals surface area contributed by atoms with Gasteiger partial charge in [-0.25, -0.2) is 4.98 Å². The first-order chi connectivity index (χ1) is 12.2. The molecule has 0 radical (unpaired) electrons. The zero-order valence-electron chi connectivity index (χ0n) is 13.7. The zero-order valence-corrected chi connectivity index (χ0v) is 14.4. The number of imidazole rings is 1. The first-order valence-electron chi connectivity index (χ1n) is 8.34. The number of nitriles is 1. The first-order valence-corrected chi connectivity index (χ1v) is 8.72. The largest absolute Gasteiger partial charge is 0.365 e. The number of benzene rings is 1. The number of pyridine rings is 1. The summed E-state index contributed by atoms with van der Waals surface area (Å²) in [5.74, 6) is 0. The lowest BCUT2D eigenvalue weighted by Gasteiger charge is -2.38. The van der Waals surface area contributed by atoms with Gasteiger partial charge in [0, 0.05) is 44.5 Å². The van der Waals surface area contributed by atoms with Crippen LogP contribution in [0.2, 0.25) is 5.02 Å². The van der Waals surface area contributed by atoms with E-state index in [2.05, 4.69) is 16.3 Å². The molecule has 4 rings (SSSR count). The highest BCUT2D eigenvalue weighted by Gasteiger charge is 2.25. The Morgan fingerprint density at radius 1 is 1.24 bits per heavy atom. The molecule has 1 fully saturated rings. The van der Waals surface area contributed by atoms with E-state index < -0.39 is 0 Å². The number of aromatic nitrogens is 2. The molecule has 126 valence electrons. The molecular formula is C19H18ClN5. The molecule has 0 bridgehead atoms. The van der Waals surface area contributed by atoms with E-state index in [1.54, 1.807) is 0 Å². The minimum atomic E-state index is 0.253. The maximum absolute atomic E-state index is 9.43. The Hall–Kier alpha value is -2.55. The Balaban J connectivity index is 1.63. The maximum atomic E-state index is 9.43. The molecular weight excluding hydrogens is 334 g/mol. The van der Waals surface area contributed by atoms with E-state index >= 15 is 0 Å². The summed E-state index contributed by atoms with van der Waals surface area (Å²) in [6.07, 6.45) is 4.71. The predicted molar refractivity (Wildman–Crippen MR) is 99.1 cm³/mol. The Morgan fingerprint density at radius 3 is 3.00 bits per heavy atom. The molecule has 1 atom stereocenters. The number of piperazine rings is 1. The van der Waals surface area contributed by atoms with Crippen molar-refractivity contribution in [3.63, 3.8) is 0 Å². The lowest BCUT2D eigenvalue weighted by Crippen LogP contribution is -2.52. The topological polar surface area (TPSA) is 56.4 Å². The van der Waals surface area contributed by atoms with Crippen LogP contribution in [0.3, 0.4) is 0 Å². The average molecular weight is 352 g/mol. The number of rotatable bonds is 3. The molecule has 25 heavy (non-hydrogen) atoms. The second-order valence-electron chi connectivity index (χ2n) is 6.23. The number of hydrogen-bond acceptors (Lipinski definition) is 4. The van der Waals surface area contributed by atoms with E-state index in [0.717, 1.165) is 48.6 Å². The Labute approximate surface area is 151 Å². The van der Waals surface area contributed by atoms with Crippen LogP contribution in [-0.2, 0) is 6.42 Å². The molecule has 1 aliphatic rings. The fourth-order valence-electron chi connectivity index (χ4n) is 3.44. The number of halogens is 1. The summed E-state index contributed by atoms with van der Waals surface area (Å²) < 4.78 is 1.96. The molecule has 1 unspecified atom stereocenters. The van der Waals surface area contributed by atoms with Gasteiger partial charge in [-0.2, -0.15) is 5.26 Å². The van der Waals surface area contributed by atoms with Crippen molar-refractivity contribution < 1.29 is 0 Å². The summed E-state index contributed by atoms with van der Waals surface area (Å²) in [6.45, 7) is 2.66. The number of para-hydroxylation sites is 1. The van der Waals surface area contributed by atoms with E-state index in [4.69, 9.17) is 16.6 Å². The second-order valence-corrected chi connectivity index (χ2v) is 6.67. The minimum absolute atomic E-state index is 0.253. The number of nitrogens with one attached hydrogen (secondary N) is 1. The quantitative estimate of drug-likeness (QED) is 0.788. The smallest absolute Gasteiger partial charge is 0.137 e. The van der Waals surface area contributed by atoms with Crippen LogP contribution in [0, 0.1) is 11.3 Å². The van der Waals surface area contributed by atoms with Gasteiger partial charge in [0.1, 0.15) is 11.7 Å². The van der Waals surface area contributed by atoms with E-state index in [-0.39, 0.29) is 6.04 Å². The third kappa shape index (κ3) is 3.19. The monoisotopic (exact) mass is 351 g/mol. The van der Waals surface area contributed by atoms with Crippen LogP contribution in [0.1, 0.15) is 11.3 Å². The normalized spacial score (nSPS) is 17.6. The number of nitrogens with zero attached hydrogens (tertiary/aromatic N) is 4. The van der Waals surface area contributed by atoms with Crippen molar-refractivity contribution >= 4 is 22.9 Å². The summed E-state index contributed by atoms with van der Waals surface area (Å²) in [7, 11) is 0. The van der Waals surface area contributed by atoms with E-state index in [9.17, 15) is 5.26 Å². The highest BCUT2D eigenvalue weighted by Crippen LogP contribution is 2.24. The standard InChI is InChI=1S/C19H18ClN5/c20-15-5-6-19-23-16(13-24(19)12-15)9-17-11-22-7-8-25(17)18-4-2-1-3-14(18)10-21/h1-6,12-13,17,22H,7-9,11H2. The van der Waals surface area contributed by atoms with Gasteiger partial charge in [0.15, 0.2) is 0 Å². The molecule has 3 heterocycles. The minimum Gasteiger partial charge on any atom is -0.365 e. The number of fused-ring (bicyclic) bond motifs is 1. The van der Waals surface area contributed by atoms with Crippen LogP contribution in [0.5, 0.6) is 0 Å². The molecule has 1 aliphatic heterocycles. The van der Waals surface area contributed by atoms with Gasteiger partial charge in [-0.1, -0.05) is 23.7 Å². The van der Waals surface area contributed by atoms with Gasteiger partial charge in [-0.05, 0) is 24.3 Å². The molecule has 3 aromatic rings. The van der Waals surface area contributed by atoms with Gasteiger partial charge in [0.05, 0.1) is 22.0 Å². The van der Waals surface area contributed by atoms with Crippen LogP contribution in [0.15, 0.2) is 48.8 Å². The predicted octanol–water partition coefficient (Wildman–Crippen LogP) is 2.88. The van der Waals surface area contributed by atoms with Crippen LogP contribution < -0.4 is 10.2 Å². The van der Waals surface area contributed by atoms with Crippen LogP contribution in [0.25, 0.3) is 5.65 Å². The molecule has 0 aliphatic carbocycles. The average Bonchev–Trinajstić information content (AvgIpc) is 3.03. The molecule has 0 saturated carbocycles. The van der Waals surface area contributed by atoms with E-state index in [1.165, 1.54) is 0 Å².